The van der Waals surface area contributed by atoms with Crippen molar-refractivity contribution in [1.29, 1.82) is 0 Å². The second-order valence-corrected chi connectivity index (χ2v) is 3.38. The third kappa shape index (κ3) is 10.3. The summed E-state index contributed by atoms with van der Waals surface area (Å²) in [6, 6.07) is 8.52. The van der Waals surface area contributed by atoms with E-state index >= 15 is 0 Å². The summed E-state index contributed by atoms with van der Waals surface area (Å²) in [5.74, 6) is 0. The zero-order chi connectivity index (χ0) is 13.8. The van der Waals surface area contributed by atoms with Gasteiger partial charge in [0, 0.05) is 5.69 Å². The van der Waals surface area contributed by atoms with Gasteiger partial charge in [0.1, 0.15) is 0 Å². The summed E-state index contributed by atoms with van der Waals surface area (Å²) in [5, 5.41) is 2.44. The summed E-state index contributed by atoms with van der Waals surface area (Å²) in [5.41, 5.74) is 10.3. The predicted molar refractivity (Wildman–Crippen MR) is 70.1 cm³/mol. The molecule has 1 rings (SSSR count). The molecule has 5 N–H and O–H groups in total. The Morgan fingerprint density at radius 3 is 2.28 bits per heavy atom. The summed E-state index contributed by atoms with van der Waals surface area (Å²) >= 11 is 0. The van der Waals surface area contributed by atoms with Gasteiger partial charge >= 0.3 is 12.1 Å². The molecule has 6 nitrogen and oxygen atoms in total. The van der Waals surface area contributed by atoms with E-state index in [4.69, 9.17) is 5.73 Å². The van der Waals surface area contributed by atoms with Gasteiger partial charge in [0.2, 0.25) is 0 Å². The highest BCUT2D eigenvalue weighted by atomic mass is 16.5. The maximum atomic E-state index is 10.3. The Labute approximate surface area is 106 Å². The van der Waals surface area contributed by atoms with Crippen LogP contribution >= 0.6 is 0 Å². The van der Waals surface area contributed by atoms with E-state index in [9.17, 15) is 9.59 Å². The van der Waals surface area contributed by atoms with Gasteiger partial charge in [-0.1, -0.05) is 31.5 Å². The number of hydrogen-bond acceptors (Lipinski definition) is 3. The van der Waals surface area contributed by atoms with Crippen LogP contribution in [-0.4, -0.2) is 18.7 Å². The van der Waals surface area contributed by atoms with Crippen molar-refractivity contribution in [2.75, 3.05) is 11.9 Å². The number of hydrogen-bond donors (Lipinski definition) is 3. The molecule has 0 spiro atoms. The molecule has 1 aromatic rings. The molecule has 0 radical (unpaired) electrons. The standard InChI is InChI=1S/C7H8N2O.C5H11NO2/c8-7(10)9-6-4-2-1-3-5-6;1-2-3-4-8-5(6)7/h1-5H,(H3,8,9,10);2-4H2,1H3,(H2,6,7). The van der Waals surface area contributed by atoms with Crippen molar-refractivity contribution in [3.63, 3.8) is 0 Å². The van der Waals surface area contributed by atoms with E-state index < -0.39 is 12.1 Å². The van der Waals surface area contributed by atoms with Crippen LogP contribution < -0.4 is 16.8 Å². The number of nitrogens with one attached hydrogen (secondary N) is 1. The van der Waals surface area contributed by atoms with Gasteiger partial charge in [-0.25, -0.2) is 9.59 Å². The molecular formula is C12H19N3O3. The number of urea groups is 1. The smallest absolute Gasteiger partial charge is 0.404 e. The molecule has 6 heteroatoms. The number of para-hydroxylation sites is 1. The molecule has 0 aliphatic heterocycles. The van der Waals surface area contributed by atoms with Gasteiger partial charge in [-0.05, 0) is 18.6 Å². The predicted octanol–water partition coefficient (Wildman–Crippen LogP) is 2.06. The summed E-state index contributed by atoms with van der Waals surface area (Å²) in [6.07, 6.45) is 1.23. The molecule has 0 bridgehead atoms. The number of unbranched alkanes of at least 4 members (excludes halogenated alkanes) is 1. The lowest BCUT2D eigenvalue weighted by atomic mass is 10.3. The van der Waals surface area contributed by atoms with Crippen molar-refractivity contribution in [1.82, 2.24) is 0 Å². The Morgan fingerprint density at radius 2 is 1.83 bits per heavy atom. The second kappa shape index (κ2) is 9.95. The monoisotopic (exact) mass is 253 g/mol. The third-order valence-corrected chi connectivity index (χ3v) is 1.78. The summed E-state index contributed by atoms with van der Waals surface area (Å²) in [7, 11) is 0. The van der Waals surface area contributed by atoms with E-state index in [1.54, 1.807) is 12.1 Å². The Bertz CT molecular complexity index is 355. The van der Waals surface area contributed by atoms with Gasteiger partial charge in [0.15, 0.2) is 0 Å². The average Bonchev–Trinajstić information content (AvgIpc) is 2.30. The number of amides is 3. The van der Waals surface area contributed by atoms with Gasteiger partial charge in [-0.15, -0.1) is 0 Å². The SMILES string of the molecule is CCCCOC(N)=O.NC(=O)Nc1ccccc1. The van der Waals surface area contributed by atoms with Crippen LogP contribution in [0.5, 0.6) is 0 Å². The average molecular weight is 253 g/mol. The maximum absolute atomic E-state index is 10.3. The van der Waals surface area contributed by atoms with E-state index in [0.717, 1.165) is 18.5 Å². The first-order valence-electron chi connectivity index (χ1n) is 5.60. The number of primary amides is 2. The normalized spacial score (nSPS) is 8.72. The second-order valence-electron chi connectivity index (χ2n) is 3.38. The molecule has 3 amide bonds. The first kappa shape index (κ1) is 15.8. The third-order valence-electron chi connectivity index (χ3n) is 1.78. The van der Waals surface area contributed by atoms with Crippen LogP contribution in [0.15, 0.2) is 30.3 Å². The van der Waals surface area contributed by atoms with Crippen LogP contribution in [0.3, 0.4) is 0 Å². The molecule has 0 atom stereocenters. The minimum atomic E-state index is -0.682. The number of carbonyl (C=O) groups is 2. The van der Waals surface area contributed by atoms with E-state index in [1.165, 1.54) is 0 Å². The maximum Gasteiger partial charge on any atom is 0.404 e. The van der Waals surface area contributed by atoms with Crippen LogP contribution in [0.4, 0.5) is 15.3 Å². The summed E-state index contributed by atoms with van der Waals surface area (Å²) in [6.45, 7) is 2.47. The molecule has 0 aliphatic carbocycles. The zero-order valence-electron chi connectivity index (χ0n) is 10.4. The molecule has 0 saturated heterocycles. The van der Waals surface area contributed by atoms with Gasteiger partial charge in [-0.2, -0.15) is 0 Å². The van der Waals surface area contributed by atoms with E-state index in [-0.39, 0.29) is 0 Å². The van der Waals surface area contributed by atoms with E-state index in [1.807, 2.05) is 25.1 Å². The van der Waals surface area contributed by atoms with Crippen LogP contribution in [0.1, 0.15) is 19.8 Å². The van der Waals surface area contributed by atoms with Crippen LogP contribution in [0.25, 0.3) is 0 Å². The molecule has 0 aliphatic rings. The highest BCUT2D eigenvalue weighted by Gasteiger charge is 1.90. The minimum absolute atomic E-state index is 0.450. The number of ether oxygens (including phenoxy) is 1. The van der Waals surface area contributed by atoms with Gasteiger partial charge in [-0.3, -0.25) is 0 Å². The molecule has 0 saturated carbocycles. The number of nitrogens with two attached hydrogens (primary N) is 2. The van der Waals surface area contributed by atoms with Crippen molar-refractivity contribution in [2.24, 2.45) is 11.5 Å². The fourth-order valence-electron chi connectivity index (χ4n) is 0.981. The highest BCUT2D eigenvalue weighted by Crippen LogP contribution is 2.03. The van der Waals surface area contributed by atoms with Crippen LogP contribution in [0.2, 0.25) is 0 Å². The molecule has 100 valence electrons. The topological polar surface area (TPSA) is 107 Å². The number of anilines is 1. The molecule has 1 aromatic carbocycles. The van der Waals surface area contributed by atoms with Crippen molar-refractivity contribution in [2.45, 2.75) is 19.8 Å². The van der Waals surface area contributed by atoms with E-state index in [0.29, 0.717) is 6.61 Å². The molecule has 0 fully saturated rings. The molecule has 0 heterocycles. The Hall–Kier alpha value is -2.24. The fourth-order valence-corrected chi connectivity index (χ4v) is 0.981. The van der Waals surface area contributed by atoms with Crippen LogP contribution in [0, 0.1) is 0 Å². The Balaban J connectivity index is 0.000000331. The van der Waals surface area contributed by atoms with Crippen molar-refractivity contribution in [3.05, 3.63) is 30.3 Å². The number of benzene rings is 1. The molecule has 18 heavy (non-hydrogen) atoms. The minimum Gasteiger partial charge on any atom is -0.450 e. The van der Waals surface area contributed by atoms with Crippen molar-refractivity contribution >= 4 is 17.8 Å². The lowest BCUT2D eigenvalue weighted by Crippen LogP contribution is -2.18. The van der Waals surface area contributed by atoms with Gasteiger partial charge in [0.05, 0.1) is 6.61 Å². The van der Waals surface area contributed by atoms with Gasteiger partial charge < -0.3 is 21.5 Å². The first-order chi connectivity index (χ1) is 8.56. The fraction of sp³-hybridized carbons (Fsp3) is 0.333. The van der Waals surface area contributed by atoms with Crippen molar-refractivity contribution < 1.29 is 14.3 Å². The lowest BCUT2D eigenvalue weighted by Gasteiger charge is -1.97. The Morgan fingerprint density at radius 1 is 1.22 bits per heavy atom. The van der Waals surface area contributed by atoms with Crippen LogP contribution in [-0.2, 0) is 4.74 Å². The van der Waals surface area contributed by atoms with Gasteiger partial charge in [0.25, 0.3) is 0 Å². The largest absolute Gasteiger partial charge is 0.450 e. The molecule has 0 aromatic heterocycles. The zero-order valence-corrected chi connectivity index (χ0v) is 10.4. The quantitative estimate of drug-likeness (QED) is 0.714. The molecular weight excluding hydrogens is 234 g/mol. The lowest BCUT2D eigenvalue weighted by molar-refractivity contribution is 0.155. The summed E-state index contributed by atoms with van der Waals surface area (Å²) in [4.78, 5) is 20.2. The number of rotatable bonds is 4. The first-order valence-corrected chi connectivity index (χ1v) is 5.60. The Kier molecular flexibility index (Phi) is 8.71. The summed E-state index contributed by atoms with van der Waals surface area (Å²) < 4.78 is 4.42. The highest BCUT2D eigenvalue weighted by molar-refractivity contribution is 5.87. The van der Waals surface area contributed by atoms with Crippen molar-refractivity contribution in [3.8, 4) is 0 Å². The number of carbonyl (C=O) groups excluding carboxylic acids is 2. The van der Waals surface area contributed by atoms with E-state index in [2.05, 4.69) is 15.8 Å². The molecule has 0 unspecified atom stereocenters.